The molecule has 2 aromatic heterocycles. The van der Waals surface area contributed by atoms with E-state index < -0.39 is 0 Å². The van der Waals surface area contributed by atoms with Crippen LogP contribution in [0, 0.1) is 20.8 Å². The van der Waals surface area contributed by atoms with Crippen LogP contribution in [0.3, 0.4) is 0 Å². The van der Waals surface area contributed by atoms with E-state index in [0.29, 0.717) is 11.6 Å². The highest BCUT2D eigenvalue weighted by atomic mass is 15.0. The van der Waals surface area contributed by atoms with Crippen LogP contribution in [0.15, 0.2) is 12.3 Å². The summed E-state index contributed by atoms with van der Waals surface area (Å²) in [7, 11) is 0. The maximum absolute atomic E-state index is 5.97. The maximum atomic E-state index is 5.97. The monoisotopic (exact) mass is 242 g/mol. The molecule has 2 rings (SSSR count). The number of aromatic nitrogens is 3. The van der Waals surface area contributed by atoms with E-state index in [2.05, 4.69) is 27.9 Å². The first-order chi connectivity index (χ1) is 8.52. The predicted molar refractivity (Wildman–Crippen MR) is 73.3 cm³/mol. The van der Waals surface area contributed by atoms with Gasteiger partial charge in [0.1, 0.15) is 11.5 Å². The van der Waals surface area contributed by atoms with E-state index in [1.165, 1.54) is 0 Å². The molecule has 0 unspecified atom stereocenters. The summed E-state index contributed by atoms with van der Waals surface area (Å²) in [6.45, 7) is 8.05. The number of hydrogen-bond acceptors (Lipinski definition) is 4. The van der Waals surface area contributed by atoms with E-state index in [1.54, 1.807) is 0 Å². The maximum Gasteiger partial charge on any atom is 0.180 e. The smallest absolute Gasteiger partial charge is 0.180 e. The number of pyridine rings is 1. The van der Waals surface area contributed by atoms with E-state index in [0.717, 1.165) is 34.5 Å². The third-order valence-corrected chi connectivity index (χ3v) is 3.03. The number of anilines is 1. The van der Waals surface area contributed by atoms with Crippen molar-refractivity contribution in [3.8, 4) is 11.5 Å². The van der Waals surface area contributed by atoms with Crippen LogP contribution in [0.25, 0.3) is 11.5 Å². The molecule has 0 aliphatic heterocycles. The molecule has 0 aliphatic carbocycles. The highest BCUT2D eigenvalue weighted by Crippen LogP contribution is 2.22. The lowest BCUT2D eigenvalue weighted by Gasteiger charge is -2.10. The fourth-order valence-corrected chi connectivity index (χ4v) is 2.11. The minimum absolute atomic E-state index is 0.557. The van der Waals surface area contributed by atoms with Crippen molar-refractivity contribution < 1.29 is 0 Å². The average molecular weight is 242 g/mol. The van der Waals surface area contributed by atoms with Crippen molar-refractivity contribution in [3.05, 3.63) is 34.6 Å². The molecule has 4 heteroatoms. The summed E-state index contributed by atoms with van der Waals surface area (Å²) in [5, 5.41) is 0. The molecule has 0 atom stereocenters. The molecular weight excluding hydrogens is 224 g/mol. The molecule has 0 saturated carbocycles. The van der Waals surface area contributed by atoms with Gasteiger partial charge in [-0.15, -0.1) is 0 Å². The van der Waals surface area contributed by atoms with Crippen LogP contribution in [0.2, 0.25) is 0 Å². The van der Waals surface area contributed by atoms with Gasteiger partial charge < -0.3 is 5.73 Å². The molecule has 0 fully saturated rings. The molecule has 2 heterocycles. The zero-order valence-electron chi connectivity index (χ0n) is 11.3. The number of hydrogen-bond donors (Lipinski definition) is 1. The Morgan fingerprint density at radius 2 is 1.89 bits per heavy atom. The van der Waals surface area contributed by atoms with Crippen LogP contribution in [0.4, 0.5) is 5.82 Å². The Bertz CT molecular complexity index is 567. The summed E-state index contributed by atoms with van der Waals surface area (Å²) in [5.41, 5.74) is 10.9. The lowest BCUT2D eigenvalue weighted by atomic mass is 10.1. The van der Waals surface area contributed by atoms with Crippen molar-refractivity contribution in [2.45, 2.75) is 34.1 Å². The van der Waals surface area contributed by atoms with E-state index in [4.69, 9.17) is 5.73 Å². The van der Waals surface area contributed by atoms with Gasteiger partial charge >= 0.3 is 0 Å². The van der Waals surface area contributed by atoms with Gasteiger partial charge in [0.15, 0.2) is 5.82 Å². The van der Waals surface area contributed by atoms with Crippen molar-refractivity contribution in [2.24, 2.45) is 0 Å². The van der Waals surface area contributed by atoms with Crippen LogP contribution in [-0.2, 0) is 6.42 Å². The molecule has 0 spiro atoms. The number of nitrogen functional groups attached to an aromatic ring is 1. The first kappa shape index (κ1) is 12.5. The minimum atomic E-state index is 0.557. The van der Waals surface area contributed by atoms with E-state index >= 15 is 0 Å². The molecule has 0 saturated heterocycles. The Morgan fingerprint density at radius 3 is 2.44 bits per heavy atom. The van der Waals surface area contributed by atoms with Crippen molar-refractivity contribution in [1.29, 1.82) is 0 Å². The summed E-state index contributed by atoms with van der Waals surface area (Å²) in [6.07, 6.45) is 2.67. The fourth-order valence-electron chi connectivity index (χ4n) is 2.11. The predicted octanol–water partition coefficient (Wildman–Crippen LogP) is 2.61. The van der Waals surface area contributed by atoms with Crippen LogP contribution < -0.4 is 5.73 Å². The van der Waals surface area contributed by atoms with Gasteiger partial charge in [-0.1, -0.05) is 13.0 Å². The highest BCUT2D eigenvalue weighted by Gasteiger charge is 2.12. The standard InChI is InChI=1S/C14H18N4/c1-5-11-10(4)17-14(18-13(11)15)12-9(3)6-8(2)7-16-12/h6-7H,5H2,1-4H3,(H2,15,17,18). The van der Waals surface area contributed by atoms with E-state index in [9.17, 15) is 0 Å². The second-order valence-electron chi connectivity index (χ2n) is 4.53. The van der Waals surface area contributed by atoms with Gasteiger partial charge in [-0.05, 0) is 38.3 Å². The number of rotatable bonds is 2. The Labute approximate surface area is 107 Å². The quantitative estimate of drug-likeness (QED) is 0.879. The van der Waals surface area contributed by atoms with Crippen molar-refractivity contribution in [1.82, 2.24) is 15.0 Å². The third-order valence-electron chi connectivity index (χ3n) is 3.03. The van der Waals surface area contributed by atoms with Gasteiger partial charge in [-0.3, -0.25) is 4.98 Å². The first-order valence-electron chi connectivity index (χ1n) is 6.09. The van der Waals surface area contributed by atoms with Crippen LogP contribution in [-0.4, -0.2) is 15.0 Å². The van der Waals surface area contributed by atoms with Gasteiger partial charge in [-0.25, -0.2) is 9.97 Å². The number of nitrogens with zero attached hydrogens (tertiary/aromatic N) is 3. The number of aryl methyl sites for hydroxylation is 3. The molecule has 94 valence electrons. The molecular formula is C14H18N4. The van der Waals surface area contributed by atoms with E-state index in [1.807, 2.05) is 27.0 Å². The summed E-state index contributed by atoms with van der Waals surface area (Å²) in [5.74, 6) is 1.17. The van der Waals surface area contributed by atoms with Gasteiger partial charge in [0, 0.05) is 17.5 Å². The van der Waals surface area contributed by atoms with Crippen molar-refractivity contribution in [2.75, 3.05) is 5.73 Å². The van der Waals surface area contributed by atoms with Gasteiger partial charge in [0.05, 0.1) is 0 Å². The molecule has 0 amide bonds. The van der Waals surface area contributed by atoms with Crippen molar-refractivity contribution in [3.63, 3.8) is 0 Å². The molecule has 4 nitrogen and oxygen atoms in total. The molecule has 2 N–H and O–H groups in total. The Hall–Kier alpha value is -1.97. The first-order valence-corrected chi connectivity index (χ1v) is 6.09. The largest absolute Gasteiger partial charge is 0.383 e. The van der Waals surface area contributed by atoms with Gasteiger partial charge in [0.25, 0.3) is 0 Å². The zero-order chi connectivity index (χ0) is 13.3. The van der Waals surface area contributed by atoms with Crippen LogP contribution >= 0.6 is 0 Å². The minimum Gasteiger partial charge on any atom is -0.383 e. The van der Waals surface area contributed by atoms with Gasteiger partial charge in [-0.2, -0.15) is 0 Å². The lowest BCUT2D eigenvalue weighted by molar-refractivity contribution is 0.999. The number of nitrogens with two attached hydrogens (primary N) is 1. The Kier molecular flexibility index (Phi) is 3.28. The SMILES string of the molecule is CCc1c(C)nc(-c2ncc(C)cc2C)nc1N. The average Bonchev–Trinajstić information content (AvgIpc) is 2.28. The molecule has 18 heavy (non-hydrogen) atoms. The summed E-state index contributed by atoms with van der Waals surface area (Å²) >= 11 is 0. The second-order valence-corrected chi connectivity index (χ2v) is 4.53. The molecule has 0 radical (unpaired) electrons. The second kappa shape index (κ2) is 4.72. The molecule has 2 aromatic rings. The Morgan fingerprint density at radius 1 is 1.17 bits per heavy atom. The van der Waals surface area contributed by atoms with Crippen LogP contribution in [0.5, 0.6) is 0 Å². The summed E-state index contributed by atoms with van der Waals surface area (Å²) in [6, 6.07) is 2.07. The van der Waals surface area contributed by atoms with Gasteiger partial charge in [0.2, 0.25) is 0 Å². The zero-order valence-corrected chi connectivity index (χ0v) is 11.3. The van der Waals surface area contributed by atoms with E-state index in [-0.39, 0.29) is 0 Å². The fraction of sp³-hybridized carbons (Fsp3) is 0.357. The summed E-state index contributed by atoms with van der Waals surface area (Å²) in [4.78, 5) is 13.3. The lowest BCUT2D eigenvalue weighted by Crippen LogP contribution is -2.05. The topological polar surface area (TPSA) is 64.7 Å². The molecule has 0 aliphatic rings. The van der Waals surface area contributed by atoms with Crippen molar-refractivity contribution >= 4 is 5.82 Å². The van der Waals surface area contributed by atoms with Crippen LogP contribution in [0.1, 0.15) is 29.3 Å². The summed E-state index contributed by atoms with van der Waals surface area (Å²) < 4.78 is 0. The normalized spacial score (nSPS) is 10.7. The Balaban J connectivity index is 2.58. The molecule has 0 bridgehead atoms. The third kappa shape index (κ3) is 2.18. The highest BCUT2D eigenvalue weighted by molar-refractivity contribution is 5.58. The molecule has 0 aromatic carbocycles.